The Labute approximate surface area is 175 Å². The van der Waals surface area contributed by atoms with Crippen molar-refractivity contribution in [1.29, 1.82) is 0 Å². The molecule has 0 aliphatic carbocycles. The number of para-hydroxylation sites is 1. The van der Waals surface area contributed by atoms with E-state index in [4.69, 9.17) is 0 Å². The standard InChI is InChI=1S/C22H19N5O4/c28-19(11-14-27-22(31)16-8-2-1-7-15(16)21(30)25-27)23-24-20(29)17-9-3-4-10-18(17)26-12-5-6-13-26/h1-10,12-13H,11,14H2,(H,23,28)(H,24,29)(H,25,30). The molecule has 2 aromatic heterocycles. The summed E-state index contributed by atoms with van der Waals surface area (Å²) in [5.41, 5.74) is 4.96. The number of hydrogen-bond acceptors (Lipinski definition) is 4. The van der Waals surface area contributed by atoms with Gasteiger partial charge < -0.3 is 4.57 Å². The van der Waals surface area contributed by atoms with Gasteiger partial charge in [0.2, 0.25) is 5.91 Å². The summed E-state index contributed by atoms with van der Waals surface area (Å²) in [6, 6.07) is 17.1. The molecule has 0 radical (unpaired) electrons. The molecule has 2 aromatic carbocycles. The molecule has 0 saturated heterocycles. The number of fused-ring (bicyclic) bond motifs is 1. The number of rotatable bonds is 5. The van der Waals surface area contributed by atoms with Crippen LogP contribution >= 0.6 is 0 Å². The van der Waals surface area contributed by atoms with Gasteiger partial charge in [-0.15, -0.1) is 0 Å². The van der Waals surface area contributed by atoms with E-state index in [0.29, 0.717) is 16.6 Å². The van der Waals surface area contributed by atoms with Gasteiger partial charge in [0.1, 0.15) is 0 Å². The summed E-state index contributed by atoms with van der Waals surface area (Å²) in [5.74, 6) is -0.985. The lowest BCUT2D eigenvalue weighted by Crippen LogP contribution is -2.42. The van der Waals surface area contributed by atoms with E-state index in [-0.39, 0.29) is 18.4 Å². The van der Waals surface area contributed by atoms with Gasteiger partial charge >= 0.3 is 0 Å². The SMILES string of the molecule is O=C(CCn1[nH]c(=O)c2ccccc2c1=O)NNC(=O)c1ccccc1-n1cccc1. The second-order valence-corrected chi connectivity index (χ2v) is 6.80. The molecular formula is C22H19N5O4. The van der Waals surface area contributed by atoms with Crippen LogP contribution in [-0.4, -0.2) is 26.2 Å². The fraction of sp³-hybridized carbons (Fsp3) is 0.0909. The quantitative estimate of drug-likeness (QED) is 0.425. The Bertz CT molecular complexity index is 1370. The molecule has 9 nitrogen and oxygen atoms in total. The highest BCUT2D eigenvalue weighted by Crippen LogP contribution is 2.14. The van der Waals surface area contributed by atoms with Gasteiger partial charge in [-0.25, -0.2) is 4.68 Å². The molecule has 9 heteroatoms. The van der Waals surface area contributed by atoms with E-state index in [1.54, 1.807) is 47.0 Å². The summed E-state index contributed by atoms with van der Waals surface area (Å²) < 4.78 is 2.88. The van der Waals surface area contributed by atoms with Gasteiger partial charge in [0.05, 0.1) is 28.6 Å². The van der Waals surface area contributed by atoms with Crippen LogP contribution < -0.4 is 22.0 Å². The van der Waals surface area contributed by atoms with Crippen molar-refractivity contribution < 1.29 is 9.59 Å². The fourth-order valence-electron chi connectivity index (χ4n) is 3.26. The molecule has 2 heterocycles. The minimum atomic E-state index is -0.507. The van der Waals surface area contributed by atoms with Crippen molar-refractivity contribution in [3.8, 4) is 5.69 Å². The zero-order valence-corrected chi connectivity index (χ0v) is 16.4. The van der Waals surface area contributed by atoms with Gasteiger partial charge in [0.25, 0.3) is 17.0 Å². The van der Waals surface area contributed by atoms with Crippen LogP contribution in [0.2, 0.25) is 0 Å². The van der Waals surface area contributed by atoms with E-state index in [9.17, 15) is 19.2 Å². The van der Waals surface area contributed by atoms with Gasteiger partial charge in [-0.05, 0) is 36.4 Å². The van der Waals surface area contributed by atoms with Crippen molar-refractivity contribution in [2.45, 2.75) is 13.0 Å². The van der Waals surface area contributed by atoms with Gasteiger partial charge in [-0.2, -0.15) is 0 Å². The molecule has 4 aromatic rings. The third-order valence-corrected chi connectivity index (χ3v) is 4.79. The minimum absolute atomic E-state index is 0.0411. The summed E-state index contributed by atoms with van der Waals surface area (Å²) >= 11 is 0. The number of hydrazine groups is 1. The molecule has 0 aliphatic heterocycles. The first-order valence-electron chi connectivity index (χ1n) is 9.58. The second kappa shape index (κ2) is 8.54. The Morgan fingerprint density at radius 3 is 2.29 bits per heavy atom. The molecule has 0 spiro atoms. The molecule has 156 valence electrons. The van der Waals surface area contributed by atoms with E-state index in [1.165, 1.54) is 0 Å². The fourth-order valence-corrected chi connectivity index (χ4v) is 3.26. The first-order chi connectivity index (χ1) is 15.0. The molecule has 0 atom stereocenters. The van der Waals surface area contributed by atoms with Crippen LogP contribution in [0.1, 0.15) is 16.8 Å². The Kier molecular flexibility index (Phi) is 5.48. The number of H-pyrrole nitrogens is 1. The maximum absolute atomic E-state index is 12.5. The molecule has 31 heavy (non-hydrogen) atoms. The van der Waals surface area contributed by atoms with Crippen molar-refractivity contribution >= 4 is 22.6 Å². The number of aromatic amines is 1. The van der Waals surface area contributed by atoms with Crippen molar-refractivity contribution in [3.05, 3.63) is 99.3 Å². The van der Waals surface area contributed by atoms with Crippen molar-refractivity contribution in [3.63, 3.8) is 0 Å². The van der Waals surface area contributed by atoms with E-state index >= 15 is 0 Å². The molecule has 3 N–H and O–H groups in total. The number of aromatic nitrogens is 3. The number of amides is 2. The van der Waals surface area contributed by atoms with Gasteiger partial charge in [-0.1, -0.05) is 24.3 Å². The lowest BCUT2D eigenvalue weighted by atomic mass is 10.1. The number of benzene rings is 2. The predicted molar refractivity (Wildman–Crippen MR) is 115 cm³/mol. The van der Waals surface area contributed by atoms with Crippen LogP contribution in [0.3, 0.4) is 0 Å². The highest BCUT2D eigenvalue weighted by atomic mass is 16.2. The van der Waals surface area contributed by atoms with Crippen LogP contribution in [0, 0.1) is 0 Å². The minimum Gasteiger partial charge on any atom is -0.323 e. The molecule has 0 fully saturated rings. The van der Waals surface area contributed by atoms with Crippen LogP contribution in [0.4, 0.5) is 0 Å². The summed E-state index contributed by atoms with van der Waals surface area (Å²) in [6.07, 6.45) is 3.51. The Hall–Kier alpha value is -4.40. The largest absolute Gasteiger partial charge is 0.323 e. The summed E-state index contributed by atoms with van der Waals surface area (Å²) in [7, 11) is 0. The summed E-state index contributed by atoms with van der Waals surface area (Å²) in [6.45, 7) is -0.0411. The van der Waals surface area contributed by atoms with Crippen LogP contribution in [-0.2, 0) is 11.3 Å². The van der Waals surface area contributed by atoms with E-state index in [0.717, 1.165) is 4.68 Å². The topological polar surface area (TPSA) is 118 Å². The smallest absolute Gasteiger partial charge is 0.273 e. The van der Waals surface area contributed by atoms with E-state index < -0.39 is 22.9 Å². The molecule has 0 bridgehead atoms. The Balaban J connectivity index is 1.40. The zero-order valence-electron chi connectivity index (χ0n) is 16.4. The van der Waals surface area contributed by atoms with Crippen LogP contribution in [0.25, 0.3) is 16.5 Å². The first kappa shape index (κ1) is 19.9. The summed E-state index contributed by atoms with van der Waals surface area (Å²) in [5, 5.41) is 3.04. The second-order valence-electron chi connectivity index (χ2n) is 6.80. The Morgan fingerprint density at radius 1 is 0.839 bits per heavy atom. The number of aryl methyl sites for hydroxylation is 1. The molecule has 0 unspecified atom stereocenters. The van der Waals surface area contributed by atoms with Gasteiger partial charge in [0.15, 0.2) is 0 Å². The number of carbonyl (C=O) groups is 2. The number of nitrogens with one attached hydrogen (secondary N) is 3. The maximum atomic E-state index is 12.5. The predicted octanol–water partition coefficient (Wildman–Crippen LogP) is 1.33. The number of hydrogen-bond donors (Lipinski definition) is 3. The van der Waals surface area contributed by atoms with E-state index in [1.807, 2.05) is 30.6 Å². The van der Waals surface area contributed by atoms with Crippen molar-refractivity contribution in [2.24, 2.45) is 0 Å². The highest BCUT2D eigenvalue weighted by molar-refractivity contribution is 5.98. The van der Waals surface area contributed by atoms with Crippen molar-refractivity contribution in [1.82, 2.24) is 25.2 Å². The van der Waals surface area contributed by atoms with E-state index in [2.05, 4.69) is 16.0 Å². The molecular weight excluding hydrogens is 398 g/mol. The Morgan fingerprint density at radius 2 is 1.52 bits per heavy atom. The highest BCUT2D eigenvalue weighted by Gasteiger charge is 2.13. The lowest BCUT2D eigenvalue weighted by Gasteiger charge is -2.12. The average molecular weight is 417 g/mol. The molecule has 4 rings (SSSR count). The number of nitrogens with zero attached hydrogens (tertiary/aromatic N) is 2. The maximum Gasteiger partial charge on any atom is 0.273 e. The van der Waals surface area contributed by atoms with Crippen LogP contribution in [0.15, 0.2) is 82.6 Å². The van der Waals surface area contributed by atoms with Crippen molar-refractivity contribution in [2.75, 3.05) is 0 Å². The monoisotopic (exact) mass is 417 g/mol. The molecule has 0 saturated carbocycles. The van der Waals surface area contributed by atoms with Gasteiger partial charge in [0, 0.05) is 18.8 Å². The lowest BCUT2D eigenvalue weighted by molar-refractivity contribution is -0.122. The number of carbonyl (C=O) groups excluding carboxylic acids is 2. The van der Waals surface area contributed by atoms with Gasteiger partial charge in [-0.3, -0.25) is 35.1 Å². The third-order valence-electron chi connectivity index (χ3n) is 4.79. The zero-order chi connectivity index (χ0) is 21.8. The van der Waals surface area contributed by atoms with Crippen LogP contribution in [0.5, 0.6) is 0 Å². The molecule has 0 aliphatic rings. The first-order valence-corrected chi connectivity index (χ1v) is 9.58. The molecule has 2 amide bonds. The summed E-state index contributed by atoms with van der Waals surface area (Å²) in [4.78, 5) is 49.3. The third kappa shape index (κ3) is 4.15. The normalized spacial score (nSPS) is 10.7. The average Bonchev–Trinajstić information content (AvgIpc) is 3.34.